The number of hydrogen-bond acceptors (Lipinski definition) is 2. The normalized spacial score (nSPS) is 11.8. The lowest BCUT2D eigenvalue weighted by molar-refractivity contribution is 0.0935. The van der Waals surface area contributed by atoms with Crippen LogP contribution in [-0.2, 0) is 0 Å². The number of amides is 1. The van der Waals surface area contributed by atoms with Crippen molar-refractivity contribution in [2.24, 2.45) is 0 Å². The number of carbonyl (C=O) groups is 1. The second-order valence-corrected chi connectivity index (χ2v) is 5.83. The van der Waals surface area contributed by atoms with Gasteiger partial charge in [-0.15, -0.1) is 0 Å². The molecule has 0 aromatic heterocycles. The number of benzene rings is 2. The maximum atomic E-state index is 12.5. The highest BCUT2D eigenvalue weighted by Crippen LogP contribution is 2.26. The van der Waals surface area contributed by atoms with Crippen molar-refractivity contribution in [1.82, 2.24) is 5.32 Å². The largest absolute Gasteiger partial charge is 0.492 e. The molecule has 3 nitrogen and oxygen atoms in total. The highest BCUT2D eigenvalue weighted by Gasteiger charge is 2.15. The van der Waals surface area contributed by atoms with E-state index in [2.05, 4.69) is 36.5 Å². The van der Waals surface area contributed by atoms with E-state index in [0.717, 1.165) is 12.0 Å². The van der Waals surface area contributed by atoms with Crippen LogP contribution in [0.1, 0.15) is 47.8 Å². The molecule has 2 aromatic rings. The Morgan fingerprint density at radius 2 is 1.87 bits per heavy atom. The van der Waals surface area contributed by atoms with E-state index in [4.69, 9.17) is 16.3 Å². The minimum atomic E-state index is -0.137. The molecule has 0 aliphatic heterocycles. The molecule has 0 aliphatic carbocycles. The number of carbonyl (C=O) groups excluding carboxylic acids is 1. The summed E-state index contributed by atoms with van der Waals surface area (Å²) < 4.78 is 5.39. The molecule has 0 heterocycles. The summed E-state index contributed by atoms with van der Waals surface area (Å²) in [6.45, 7) is 6.53. The van der Waals surface area contributed by atoms with Gasteiger partial charge in [-0.05, 0) is 44.0 Å². The third kappa shape index (κ3) is 4.49. The fraction of sp³-hybridized carbons (Fsp3) is 0.316. The topological polar surface area (TPSA) is 38.3 Å². The molecule has 122 valence electrons. The van der Waals surface area contributed by atoms with Crippen molar-refractivity contribution < 1.29 is 9.53 Å². The molecule has 1 N–H and O–H groups in total. The summed E-state index contributed by atoms with van der Waals surface area (Å²) in [5.74, 6) is 0.457. The fourth-order valence-corrected chi connectivity index (χ4v) is 2.61. The average Bonchev–Trinajstić information content (AvgIpc) is 2.55. The van der Waals surface area contributed by atoms with Gasteiger partial charge in [-0.2, -0.15) is 0 Å². The van der Waals surface area contributed by atoms with Gasteiger partial charge in [0.2, 0.25) is 0 Å². The van der Waals surface area contributed by atoms with Gasteiger partial charge in [0.25, 0.3) is 5.91 Å². The van der Waals surface area contributed by atoms with Gasteiger partial charge in [-0.25, -0.2) is 0 Å². The van der Waals surface area contributed by atoms with Crippen LogP contribution in [0.4, 0.5) is 0 Å². The zero-order valence-electron chi connectivity index (χ0n) is 13.7. The van der Waals surface area contributed by atoms with Gasteiger partial charge in [-0.3, -0.25) is 4.79 Å². The van der Waals surface area contributed by atoms with Crippen LogP contribution in [-0.4, -0.2) is 12.5 Å². The van der Waals surface area contributed by atoms with Gasteiger partial charge >= 0.3 is 0 Å². The van der Waals surface area contributed by atoms with E-state index < -0.39 is 0 Å². The standard InChI is InChI=1S/C19H22ClNO2/c1-4-17(14-8-6-13(3)7-9-14)21-19(22)15-10-11-18(23-5-2)16(20)12-15/h6-12,17H,4-5H2,1-3H3,(H,21,22)/t17-/m0/s1. The van der Waals surface area contributed by atoms with Crippen LogP contribution in [0, 0.1) is 6.92 Å². The number of ether oxygens (including phenoxy) is 1. The molecule has 0 saturated heterocycles. The molecular formula is C19H22ClNO2. The summed E-state index contributed by atoms with van der Waals surface area (Å²) in [6, 6.07) is 13.3. The lowest BCUT2D eigenvalue weighted by Crippen LogP contribution is -2.28. The van der Waals surface area contributed by atoms with Crippen LogP contribution in [0.5, 0.6) is 5.75 Å². The molecule has 0 unspecified atom stereocenters. The lowest BCUT2D eigenvalue weighted by atomic mass is 10.0. The highest BCUT2D eigenvalue weighted by molar-refractivity contribution is 6.32. The molecular weight excluding hydrogens is 310 g/mol. The summed E-state index contributed by atoms with van der Waals surface area (Å²) in [6.07, 6.45) is 0.819. The Balaban J connectivity index is 2.13. The van der Waals surface area contributed by atoms with Crippen molar-refractivity contribution in [3.8, 4) is 5.75 Å². The van der Waals surface area contributed by atoms with Crippen LogP contribution >= 0.6 is 11.6 Å². The highest BCUT2D eigenvalue weighted by atomic mass is 35.5. The van der Waals surface area contributed by atoms with Gasteiger partial charge in [0.05, 0.1) is 17.7 Å². The zero-order chi connectivity index (χ0) is 16.8. The molecule has 0 radical (unpaired) electrons. The predicted molar refractivity (Wildman–Crippen MR) is 94.3 cm³/mol. The maximum Gasteiger partial charge on any atom is 0.251 e. The summed E-state index contributed by atoms with van der Waals surface area (Å²) in [4.78, 5) is 12.5. The minimum absolute atomic E-state index is 0.0200. The van der Waals surface area contributed by atoms with Gasteiger partial charge in [-0.1, -0.05) is 48.4 Å². The van der Waals surface area contributed by atoms with E-state index in [9.17, 15) is 4.79 Å². The molecule has 0 bridgehead atoms. The molecule has 0 saturated carbocycles. The van der Waals surface area contributed by atoms with E-state index in [0.29, 0.717) is 22.9 Å². The predicted octanol–water partition coefficient (Wildman–Crippen LogP) is 4.93. The molecule has 2 rings (SSSR count). The van der Waals surface area contributed by atoms with E-state index in [-0.39, 0.29) is 11.9 Å². The Morgan fingerprint density at radius 3 is 2.43 bits per heavy atom. The van der Waals surface area contributed by atoms with E-state index in [1.807, 2.05) is 13.8 Å². The van der Waals surface area contributed by atoms with Crippen LogP contribution in [0.3, 0.4) is 0 Å². The third-order valence-corrected chi connectivity index (χ3v) is 3.98. The van der Waals surface area contributed by atoms with Crippen LogP contribution in [0.2, 0.25) is 5.02 Å². The quantitative estimate of drug-likeness (QED) is 0.815. The Bertz CT molecular complexity index is 668. The first-order valence-electron chi connectivity index (χ1n) is 7.85. The molecule has 1 amide bonds. The molecule has 0 fully saturated rings. The Morgan fingerprint density at radius 1 is 1.17 bits per heavy atom. The average molecular weight is 332 g/mol. The third-order valence-electron chi connectivity index (χ3n) is 3.69. The number of hydrogen-bond donors (Lipinski definition) is 1. The summed E-state index contributed by atoms with van der Waals surface area (Å²) in [5.41, 5.74) is 2.83. The Labute approximate surface area is 142 Å². The van der Waals surface area contributed by atoms with Gasteiger partial charge in [0, 0.05) is 5.56 Å². The SMILES string of the molecule is CCOc1ccc(C(=O)N[C@@H](CC)c2ccc(C)cc2)cc1Cl. The first-order valence-corrected chi connectivity index (χ1v) is 8.22. The van der Waals surface area contributed by atoms with Crippen molar-refractivity contribution in [3.05, 3.63) is 64.2 Å². The minimum Gasteiger partial charge on any atom is -0.492 e. The van der Waals surface area contributed by atoms with Crippen molar-refractivity contribution in [2.75, 3.05) is 6.61 Å². The molecule has 23 heavy (non-hydrogen) atoms. The van der Waals surface area contributed by atoms with Gasteiger partial charge < -0.3 is 10.1 Å². The smallest absolute Gasteiger partial charge is 0.251 e. The van der Waals surface area contributed by atoms with Crippen molar-refractivity contribution in [3.63, 3.8) is 0 Å². The molecule has 0 spiro atoms. The second kappa shape index (κ2) is 8.02. The lowest BCUT2D eigenvalue weighted by Gasteiger charge is -2.18. The number of halogens is 1. The van der Waals surface area contributed by atoms with E-state index in [1.54, 1.807) is 18.2 Å². The summed E-state index contributed by atoms with van der Waals surface area (Å²) in [5, 5.41) is 3.51. The van der Waals surface area contributed by atoms with E-state index >= 15 is 0 Å². The monoisotopic (exact) mass is 331 g/mol. The Kier molecular flexibility index (Phi) is 6.05. The maximum absolute atomic E-state index is 12.5. The van der Waals surface area contributed by atoms with Gasteiger partial charge in [0.15, 0.2) is 0 Å². The first-order chi connectivity index (χ1) is 11.0. The van der Waals surface area contributed by atoms with Gasteiger partial charge in [0.1, 0.15) is 5.75 Å². The van der Waals surface area contributed by atoms with Crippen molar-refractivity contribution >= 4 is 17.5 Å². The molecule has 2 aromatic carbocycles. The van der Waals surface area contributed by atoms with E-state index in [1.165, 1.54) is 5.56 Å². The molecule has 0 aliphatic rings. The first kappa shape index (κ1) is 17.4. The second-order valence-electron chi connectivity index (χ2n) is 5.42. The van der Waals surface area contributed by atoms with Crippen LogP contribution in [0.15, 0.2) is 42.5 Å². The fourth-order valence-electron chi connectivity index (χ4n) is 2.38. The zero-order valence-corrected chi connectivity index (χ0v) is 14.5. The van der Waals surface area contributed by atoms with Crippen LogP contribution < -0.4 is 10.1 Å². The van der Waals surface area contributed by atoms with Crippen molar-refractivity contribution in [2.45, 2.75) is 33.2 Å². The summed E-state index contributed by atoms with van der Waals surface area (Å²) >= 11 is 6.15. The Hall–Kier alpha value is -2.00. The molecule has 1 atom stereocenters. The molecule has 4 heteroatoms. The number of rotatable bonds is 6. The number of nitrogens with one attached hydrogen (secondary N) is 1. The van der Waals surface area contributed by atoms with Crippen molar-refractivity contribution in [1.29, 1.82) is 0 Å². The van der Waals surface area contributed by atoms with Crippen LogP contribution in [0.25, 0.3) is 0 Å². The summed E-state index contributed by atoms with van der Waals surface area (Å²) in [7, 11) is 0. The number of aryl methyl sites for hydroxylation is 1.